The molecule has 5 aromatic carbocycles. The lowest BCUT2D eigenvalue weighted by molar-refractivity contribution is 1.13. The van der Waals surface area contributed by atoms with E-state index in [1.807, 2.05) is 23.5 Å². The van der Waals surface area contributed by atoms with Gasteiger partial charge in [0.2, 0.25) is 13.4 Å². The van der Waals surface area contributed by atoms with Crippen LogP contribution in [0.1, 0.15) is 5.56 Å². The number of nitrogens with zero attached hydrogens (tertiary/aromatic N) is 1. The van der Waals surface area contributed by atoms with Gasteiger partial charge in [-0.3, -0.25) is 0 Å². The Bertz CT molecular complexity index is 1900. The topological polar surface area (TPSA) is 4.93 Å². The number of aromatic nitrogens is 1. The highest BCUT2D eigenvalue weighted by atomic mass is 32.2. The van der Waals surface area contributed by atoms with E-state index in [4.69, 9.17) is 0 Å². The molecule has 0 spiro atoms. The van der Waals surface area contributed by atoms with Crippen LogP contribution in [0.5, 0.6) is 0 Å². The molecule has 0 unspecified atom stereocenters. The molecule has 0 aliphatic carbocycles. The van der Waals surface area contributed by atoms with E-state index in [1.165, 1.54) is 85.4 Å². The third kappa shape index (κ3) is 1.93. The zero-order valence-electron chi connectivity index (χ0n) is 19.5. The van der Waals surface area contributed by atoms with Gasteiger partial charge in [0.15, 0.2) is 0 Å². The first-order chi connectivity index (χ1) is 17.8. The molecule has 164 valence electrons. The number of hydrogen-bond acceptors (Lipinski definition) is 2. The second-order valence-electron chi connectivity index (χ2n) is 10.4. The van der Waals surface area contributed by atoms with E-state index in [-0.39, 0.29) is 13.4 Å². The summed E-state index contributed by atoms with van der Waals surface area (Å²) >= 11 is 3.97. The lowest BCUT2D eigenvalue weighted by Gasteiger charge is -2.41. The van der Waals surface area contributed by atoms with Gasteiger partial charge in [-0.25, -0.2) is 0 Å². The Hall–Kier alpha value is -3.27. The summed E-state index contributed by atoms with van der Waals surface area (Å²) in [6, 6.07) is 32.2. The molecule has 5 heteroatoms. The van der Waals surface area contributed by atoms with E-state index in [9.17, 15) is 0 Å². The predicted molar refractivity (Wildman–Crippen MR) is 156 cm³/mol. The molecule has 6 aromatic rings. The van der Waals surface area contributed by atoms with Gasteiger partial charge in [-0.05, 0) is 46.5 Å². The largest absolute Gasteiger partial charge is 0.311 e. The standard InChI is InChI=1S/C31H17B2NS2/c1-16-30-25-29-26-31(16)36-24-15-5-3-11-20(24)33(26)22-13-7-9-18-17-8-6-12-21(27(17)34(29)28(18)22)32(25)19-10-2-4-14-23(19)35-30/h2-15H,1H3. The third-order valence-electron chi connectivity index (χ3n) is 8.86. The van der Waals surface area contributed by atoms with E-state index >= 15 is 0 Å². The Kier molecular flexibility index (Phi) is 3.24. The van der Waals surface area contributed by atoms with E-state index in [0.717, 1.165) is 0 Å². The first kappa shape index (κ1) is 18.9. The van der Waals surface area contributed by atoms with Crippen LogP contribution >= 0.6 is 23.5 Å². The quantitative estimate of drug-likeness (QED) is 0.300. The Labute approximate surface area is 218 Å². The second kappa shape index (κ2) is 6.16. The van der Waals surface area contributed by atoms with Gasteiger partial charge in [0, 0.05) is 47.1 Å². The molecule has 0 atom stereocenters. The molecule has 4 aliphatic heterocycles. The van der Waals surface area contributed by atoms with Crippen molar-refractivity contribution in [1.29, 1.82) is 0 Å². The number of benzene rings is 5. The lowest BCUT2D eigenvalue weighted by Crippen LogP contribution is -2.66. The van der Waals surface area contributed by atoms with Crippen LogP contribution in [0.4, 0.5) is 0 Å². The third-order valence-corrected chi connectivity index (χ3v) is 11.5. The Morgan fingerprint density at radius 1 is 0.556 bits per heavy atom. The van der Waals surface area contributed by atoms with Crippen LogP contribution in [0.2, 0.25) is 0 Å². The highest BCUT2D eigenvalue weighted by Crippen LogP contribution is 2.45. The minimum absolute atomic E-state index is 0.279. The molecular formula is C31H17B2NS2. The number of para-hydroxylation sites is 2. The summed E-state index contributed by atoms with van der Waals surface area (Å²) in [4.78, 5) is 5.76. The maximum absolute atomic E-state index is 2.67. The van der Waals surface area contributed by atoms with Gasteiger partial charge in [-0.15, -0.1) is 0 Å². The van der Waals surface area contributed by atoms with Crippen LogP contribution in [0.15, 0.2) is 105 Å². The van der Waals surface area contributed by atoms with Crippen LogP contribution < -0.4 is 32.8 Å². The smallest absolute Gasteiger partial charge is 0.249 e. The monoisotopic (exact) mass is 489 g/mol. The summed E-state index contributed by atoms with van der Waals surface area (Å²) in [6.07, 6.45) is 0. The Morgan fingerprint density at radius 3 is 1.56 bits per heavy atom. The molecule has 1 aromatic heterocycles. The fourth-order valence-electron chi connectivity index (χ4n) is 7.57. The summed E-state index contributed by atoms with van der Waals surface area (Å²) in [5, 5.41) is 2.78. The van der Waals surface area contributed by atoms with Crippen molar-refractivity contribution in [2.75, 3.05) is 0 Å². The van der Waals surface area contributed by atoms with Crippen LogP contribution in [-0.2, 0) is 0 Å². The molecule has 1 nitrogen and oxygen atoms in total. The van der Waals surface area contributed by atoms with Crippen molar-refractivity contribution in [1.82, 2.24) is 4.57 Å². The second-order valence-corrected chi connectivity index (χ2v) is 12.5. The minimum Gasteiger partial charge on any atom is -0.311 e. The Morgan fingerprint density at radius 2 is 1.03 bits per heavy atom. The summed E-state index contributed by atoms with van der Waals surface area (Å²) < 4.78 is 2.67. The minimum atomic E-state index is 0.279. The molecule has 36 heavy (non-hydrogen) atoms. The van der Waals surface area contributed by atoms with E-state index < -0.39 is 0 Å². The summed E-state index contributed by atoms with van der Waals surface area (Å²) in [5.74, 6) is 0. The van der Waals surface area contributed by atoms with Crippen LogP contribution in [0.3, 0.4) is 0 Å². The van der Waals surface area contributed by atoms with Crippen molar-refractivity contribution in [2.45, 2.75) is 26.5 Å². The molecule has 10 rings (SSSR count). The normalized spacial score (nSPS) is 15.0. The summed E-state index contributed by atoms with van der Waals surface area (Å²) in [7, 11) is 0. The van der Waals surface area contributed by atoms with Crippen molar-refractivity contribution in [3.8, 4) is 5.69 Å². The molecule has 0 fully saturated rings. The first-order valence-electron chi connectivity index (χ1n) is 12.6. The first-order valence-corrected chi connectivity index (χ1v) is 14.2. The number of hydrogen-bond donors (Lipinski definition) is 0. The van der Waals surface area contributed by atoms with Crippen molar-refractivity contribution < 1.29 is 0 Å². The maximum atomic E-state index is 2.67. The maximum Gasteiger partial charge on any atom is 0.249 e. The number of fused-ring (bicyclic) bond motifs is 7. The average molecular weight is 489 g/mol. The zero-order chi connectivity index (χ0) is 23.3. The predicted octanol–water partition coefficient (Wildman–Crippen LogP) is 3.68. The summed E-state index contributed by atoms with van der Waals surface area (Å²) in [5.41, 5.74) is 14.7. The van der Waals surface area contributed by atoms with Gasteiger partial charge >= 0.3 is 0 Å². The highest BCUT2D eigenvalue weighted by Gasteiger charge is 2.48. The summed E-state index contributed by atoms with van der Waals surface area (Å²) in [6.45, 7) is 2.93. The average Bonchev–Trinajstić information content (AvgIpc) is 3.27. The van der Waals surface area contributed by atoms with Crippen LogP contribution in [0.25, 0.3) is 27.5 Å². The molecular weight excluding hydrogens is 472 g/mol. The molecule has 5 heterocycles. The molecule has 4 aliphatic rings. The molecule has 0 bridgehead atoms. The van der Waals surface area contributed by atoms with Crippen molar-refractivity contribution in [2.24, 2.45) is 0 Å². The molecule has 0 saturated carbocycles. The molecule has 0 N–H and O–H groups in total. The fraction of sp³-hybridized carbons (Fsp3) is 0.0323. The van der Waals surface area contributed by atoms with Crippen molar-refractivity contribution in [3.05, 3.63) is 90.5 Å². The van der Waals surface area contributed by atoms with Gasteiger partial charge in [0.05, 0.1) is 0 Å². The molecule has 0 amide bonds. The van der Waals surface area contributed by atoms with Gasteiger partial charge in [0.1, 0.15) is 0 Å². The van der Waals surface area contributed by atoms with E-state index in [0.29, 0.717) is 0 Å². The fourth-order valence-corrected chi connectivity index (χ4v) is 10.1. The van der Waals surface area contributed by atoms with Gasteiger partial charge in [-0.2, -0.15) is 0 Å². The Balaban J connectivity index is 1.52. The lowest BCUT2D eigenvalue weighted by atomic mass is 9.31. The van der Waals surface area contributed by atoms with E-state index in [1.54, 1.807) is 0 Å². The van der Waals surface area contributed by atoms with E-state index in [2.05, 4.69) is 96.4 Å². The van der Waals surface area contributed by atoms with Gasteiger partial charge in [0.25, 0.3) is 0 Å². The van der Waals surface area contributed by atoms with Crippen LogP contribution in [0, 0.1) is 6.92 Å². The van der Waals surface area contributed by atoms with Gasteiger partial charge < -0.3 is 4.57 Å². The van der Waals surface area contributed by atoms with Crippen molar-refractivity contribution >= 4 is 91.5 Å². The van der Waals surface area contributed by atoms with Gasteiger partial charge in [-0.1, -0.05) is 107 Å². The van der Waals surface area contributed by atoms with Crippen LogP contribution in [-0.4, -0.2) is 18.0 Å². The SMILES string of the molecule is Cc1c2c3c4c5c1Sc1ccccc1B5c1cccc5c6cccc(c6n-4c15)B3c1ccccc1S2. The zero-order valence-corrected chi connectivity index (χ0v) is 21.1. The highest BCUT2D eigenvalue weighted by molar-refractivity contribution is 8.01. The van der Waals surface area contributed by atoms with Crippen molar-refractivity contribution in [3.63, 3.8) is 0 Å². The molecule has 0 radical (unpaired) electrons. The number of rotatable bonds is 0. The molecule has 0 saturated heterocycles.